The van der Waals surface area contributed by atoms with Crippen molar-refractivity contribution in [1.29, 1.82) is 0 Å². The van der Waals surface area contributed by atoms with Crippen LogP contribution in [0.15, 0.2) is 98.8 Å². The van der Waals surface area contributed by atoms with E-state index in [0.29, 0.717) is 0 Å². The summed E-state index contributed by atoms with van der Waals surface area (Å²) in [5.41, 5.74) is 1.28. The molecule has 0 bridgehead atoms. The predicted molar refractivity (Wildman–Crippen MR) is 98.5 cm³/mol. The van der Waals surface area contributed by atoms with Crippen molar-refractivity contribution in [3.8, 4) is 0 Å². The second kappa shape index (κ2) is 8.25. The molecular formula is C20H16STe. The molecule has 2 heteroatoms. The molecule has 0 saturated heterocycles. The molecule has 0 heterocycles. The third kappa shape index (κ3) is 4.78. The summed E-state index contributed by atoms with van der Waals surface area (Å²) in [6, 6.07) is 32.1. The number of thioether (sulfide) groups is 1. The van der Waals surface area contributed by atoms with Crippen LogP contribution in [0.3, 0.4) is 0 Å². The van der Waals surface area contributed by atoms with Crippen LogP contribution in [0.25, 0.3) is 6.08 Å². The Balaban J connectivity index is 1.86. The van der Waals surface area contributed by atoms with Crippen LogP contribution in [0.2, 0.25) is 0 Å². The first-order valence-corrected chi connectivity index (χ1v) is 10.3. The van der Waals surface area contributed by atoms with Gasteiger partial charge in [-0.3, -0.25) is 0 Å². The summed E-state index contributed by atoms with van der Waals surface area (Å²) in [5.74, 6) is 0. The van der Waals surface area contributed by atoms with Crippen LogP contribution in [0.1, 0.15) is 5.56 Å². The zero-order valence-electron chi connectivity index (χ0n) is 12.1. The molecule has 22 heavy (non-hydrogen) atoms. The molecule has 0 unspecified atom stereocenters. The first kappa shape index (κ1) is 15.4. The molecule has 0 radical (unpaired) electrons. The van der Waals surface area contributed by atoms with Gasteiger partial charge in [0.2, 0.25) is 0 Å². The molecule has 0 aliphatic rings. The van der Waals surface area contributed by atoms with Crippen LogP contribution in [0, 0.1) is 0 Å². The van der Waals surface area contributed by atoms with Gasteiger partial charge in [-0.1, -0.05) is 0 Å². The van der Waals surface area contributed by atoms with Gasteiger partial charge >= 0.3 is 147 Å². The third-order valence-electron chi connectivity index (χ3n) is 3.01. The molecule has 0 aliphatic carbocycles. The molecule has 3 aromatic carbocycles. The van der Waals surface area contributed by atoms with E-state index in [4.69, 9.17) is 0 Å². The number of hydrogen-bond donors (Lipinski definition) is 0. The minimum absolute atomic E-state index is 0.370. The molecule has 0 spiro atoms. The summed E-state index contributed by atoms with van der Waals surface area (Å²) in [6.45, 7) is 0. The van der Waals surface area contributed by atoms with Gasteiger partial charge in [0.25, 0.3) is 0 Å². The summed E-state index contributed by atoms with van der Waals surface area (Å²) in [7, 11) is 0. The van der Waals surface area contributed by atoms with Gasteiger partial charge < -0.3 is 0 Å². The molecule has 0 fully saturated rings. The predicted octanol–water partition coefficient (Wildman–Crippen LogP) is 4.81. The SMILES string of the molecule is C(=C(\Sc1ccccc1)[Te]c1ccccc1)/c1ccccc1. The van der Waals surface area contributed by atoms with Gasteiger partial charge in [-0.15, -0.1) is 0 Å². The Hall–Kier alpha value is -1.46. The van der Waals surface area contributed by atoms with Gasteiger partial charge in [0, 0.05) is 0 Å². The Morgan fingerprint density at radius 3 is 1.86 bits per heavy atom. The van der Waals surface area contributed by atoms with Crippen molar-refractivity contribution in [2.24, 2.45) is 0 Å². The molecule has 0 atom stereocenters. The second-order valence-corrected chi connectivity index (χ2v) is 9.81. The Morgan fingerprint density at radius 1 is 0.682 bits per heavy atom. The fourth-order valence-corrected chi connectivity index (χ4v) is 6.62. The average molecular weight is 416 g/mol. The van der Waals surface area contributed by atoms with E-state index < -0.39 is 0 Å². The van der Waals surface area contributed by atoms with Crippen LogP contribution >= 0.6 is 11.8 Å². The van der Waals surface area contributed by atoms with Crippen LogP contribution in [0.5, 0.6) is 0 Å². The molecule has 0 saturated carbocycles. The van der Waals surface area contributed by atoms with E-state index in [9.17, 15) is 0 Å². The van der Waals surface area contributed by atoms with Crippen molar-refractivity contribution >= 4 is 42.4 Å². The van der Waals surface area contributed by atoms with Gasteiger partial charge in [-0.25, -0.2) is 0 Å². The average Bonchev–Trinajstić information content (AvgIpc) is 2.57. The molecule has 3 aromatic rings. The van der Waals surface area contributed by atoms with Crippen LogP contribution in [0.4, 0.5) is 0 Å². The topological polar surface area (TPSA) is 0 Å². The fraction of sp³-hybridized carbons (Fsp3) is 0. The maximum absolute atomic E-state index is 2.34. The Morgan fingerprint density at radius 2 is 1.23 bits per heavy atom. The molecule has 0 N–H and O–H groups in total. The summed E-state index contributed by atoms with van der Waals surface area (Å²) in [5, 5.41) is 0. The van der Waals surface area contributed by atoms with Gasteiger partial charge in [0.15, 0.2) is 0 Å². The second-order valence-electron chi connectivity index (χ2n) is 4.70. The van der Waals surface area contributed by atoms with Crippen molar-refractivity contribution in [2.45, 2.75) is 4.90 Å². The van der Waals surface area contributed by atoms with Crippen molar-refractivity contribution in [1.82, 2.24) is 0 Å². The number of rotatable bonds is 5. The van der Waals surface area contributed by atoms with Crippen molar-refractivity contribution in [3.63, 3.8) is 0 Å². The molecular weight excluding hydrogens is 400 g/mol. The molecule has 0 aromatic heterocycles. The summed E-state index contributed by atoms with van der Waals surface area (Å²) in [6.07, 6.45) is 2.34. The minimum atomic E-state index is -0.370. The van der Waals surface area contributed by atoms with Crippen LogP contribution < -0.4 is 3.61 Å². The van der Waals surface area contributed by atoms with Crippen molar-refractivity contribution in [2.75, 3.05) is 0 Å². The van der Waals surface area contributed by atoms with E-state index in [1.54, 1.807) is 0 Å². The zero-order valence-corrected chi connectivity index (χ0v) is 15.2. The standard InChI is InChI=1S/C20H16STe/c1-4-10-17(11-5-1)16-20(21-18-12-6-2-7-13-18)22-19-14-8-3-9-15-19/h1-16H/b20-16-. The summed E-state index contributed by atoms with van der Waals surface area (Å²) in [4.78, 5) is 1.31. The molecule has 108 valence electrons. The molecule has 0 amide bonds. The van der Waals surface area contributed by atoms with Gasteiger partial charge in [0.1, 0.15) is 0 Å². The zero-order chi connectivity index (χ0) is 15.0. The number of hydrogen-bond acceptors (Lipinski definition) is 1. The van der Waals surface area contributed by atoms with E-state index >= 15 is 0 Å². The van der Waals surface area contributed by atoms with Crippen LogP contribution in [-0.4, -0.2) is 20.9 Å². The maximum atomic E-state index is 2.34. The monoisotopic (exact) mass is 418 g/mol. The first-order chi connectivity index (χ1) is 10.9. The Bertz CT molecular complexity index is 678. The quantitative estimate of drug-likeness (QED) is 0.425. The molecule has 0 aliphatic heterocycles. The van der Waals surface area contributed by atoms with E-state index in [1.807, 2.05) is 11.8 Å². The molecule has 3 rings (SSSR count). The van der Waals surface area contributed by atoms with Gasteiger partial charge in [0.05, 0.1) is 0 Å². The Kier molecular flexibility index (Phi) is 5.79. The third-order valence-corrected chi connectivity index (χ3v) is 7.47. The van der Waals surface area contributed by atoms with Gasteiger partial charge in [-0.2, -0.15) is 0 Å². The number of benzene rings is 3. The summed E-state index contributed by atoms with van der Waals surface area (Å²) < 4.78 is 2.95. The molecule has 0 nitrogen and oxygen atoms in total. The fourth-order valence-electron chi connectivity index (χ4n) is 1.97. The summed E-state index contributed by atoms with van der Waals surface area (Å²) >= 11 is 1.53. The Labute approximate surface area is 146 Å². The van der Waals surface area contributed by atoms with E-state index in [0.717, 1.165) is 0 Å². The van der Waals surface area contributed by atoms with Crippen molar-refractivity contribution in [3.05, 3.63) is 99.5 Å². The first-order valence-electron chi connectivity index (χ1n) is 7.13. The van der Waals surface area contributed by atoms with Crippen LogP contribution in [-0.2, 0) is 0 Å². The van der Waals surface area contributed by atoms with Gasteiger partial charge in [-0.05, 0) is 0 Å². The van der Waals surface area contributed by atoms with E-state index in [-0.39, 0.29) is 20.9 Å². The normalized spacial score (nSPS) is 11.4. The van der Waals surface area contributed by atoms with Crippen molar-refractivity contribution < 1.29 is 0 Å². The van der Waals surface area contributed by atoms with E-state index in [2.05, 4.69) is 97.1 Å². The van der Waals surface area contributed by atoms with E-state index in [1.165, 1.54) is 17.0 Å².